The van der Waals surface area contributed by atoms with Gasteiger partial charge in [-0.3, -0.25) is 4.79 Å². The molecule has 1 aromatic carbocycles. The Hall–Kier alpha value is -1.98. The van der Waals surface area contributed by atoms with Crippen molar-refractivity contribution >= 4 is 16.8 Å². The summed E-state index contributed by atoms with van der Waals surface area (Å²) >= 11 is 0. The fourth-order valence-electron chi connectivity index (χ4n) is 1.82. The molecule has 2 rings (SSSR count). The van der Waals surface area contributed by atoms with Crippen LogP contribution in [0.4, 0.5) is 13.2 Å². The largest absolute Gasteiger partial charge is 0.390 e. The zero-order valence-electron chi connectivity index (χ0n) is 10.3. The highest BCUT2D eigenvalue weighted by atomic mass is 19.4. The van der Waals surface area contributed by atoms with Crippen molar-refractivity contribution < 1.29 is 18.0 Å². The Labute approximate surface area is 108 Å². The van der Waals surface area contributed by atoms with Crippen LogP contribution in [-0.4, -0.2) is 23.2 Å². The van der Waals surface area contributed by atoms with E-state index in [9.17, 15) is 18.0 Å². The SMILES string of the molecule is Cn1ccc2ccc(C(=O)NCCC(F)(F)F)cc21. The van der Waals surface area contributed by atoms with Crippen molar-refractivity contribution in [3.63, 3.8) is 0 Å². The standard InChI is InChI=1S/C13H13F3N2O/c1-18-7-4-9-2-3-10(8-11(9)18)12(19)17-6-5-13(14,15)16/h2-4,7-8H,5-6H2,1H3,(H,17,19). The number of halogens is 3. The summed E-state index contributed by atoms with van der Waals surface area (Å²) in [5, 5.41) is 3.24. The number of rotatable bonds is 3. The van der Waals surface area contributed by atoms with E-state index >= 15 is 0 Å². The Morgan fingerprint density at radius 3 is 2.74 bits per heavy atom. The summed E-state index contributed by atoms with van der Waals surface area (Å²) in [6.07, 6.45) is -3.42. The van der Waals surface area contributed by atoms with Gasteiger partial charge in [0.15, 0.2) is 0 Å². The van der Waals surface area contributed by atoms with E-state index < -0.39 is 25.0 Å². The van der Waals surface area contributed by atoms with E-state index in [1.165, 1.54) is 0 Å². The van der Waals surface area contributed by atoms with Crippen molar-refractivity contribution in [2.45, 2.75) is 12.6 Å². The van der Waals surface area contributed by atoms with Crippen molar-refractivity contribution in [2.24, 2.45) is 7.05 Å². The zero-order valence-corrected chi connectivity index (χ0v) is 10.3. The molecule has 0 atom stereocenters. The van der Waals surface area contributed by atoms with Crippen LogP contribution in [0, 0.1) is 0 Å². The highest BCUT2D eigenvalue weighted by molar-refractivity contribution is 5.98. The zero-order chi connectivity index (χ0) is 14.0. The van der Waals surface area contributed by atoms with E-state index in [4.69, 9.17) is 0 Å². The molecule has 0 bridgehead atoms. The van der Waals surface area contributed by atoms with E-state index in [2.05, 4.69) is 5.32 Å². The lowest BCUT2D eigenvalue weighted by Crippen LogP contribution is -2.27. The lowest BCUT2D eigenvalue weighted by Gasteiger charge is -2.08. The first kappa shape index (κ1) is 13.5. The van der Waals surface area contributed by atoms with E-state index in [1.807, 2.05) is 23.9 Å². The quantitative estimate of drug-likeness (QED) is 0.914. The number of fused-ring (bicyclic) bond motifs is 1. The van der Waals surface area contributed by atoms with Gasteiger partial charge in [-0.2, -0.15) is 13.2 Å². The number of carbonyl (C=O) groups is 1. The molecule has 102 valence electrons. The minimum absolute atomic E-state index is 0.358. The molecule has 0 fully saturated rings. The lowest BCUT2D eigenvalue weighted by atomic mass is 10.1. The first-order valence-corrected chi connectivity index (χ1v) is 5.77. The fourth-order valence-corrected chi connectivity index (χ4v) is 1.82. The highest BCUT2D eigenvalue weighted by Gasteiger charge is 2.26. The molecule has 19 heavy (non-hydrogen) atoms. The average molecular weight is 270 g/mol. The van der Waals surface area contributed by atoms with Crippen LogP contribution in [0.5, 0.6) is 0 Å². The summed E-state index contributed by atoms with van der Waals surface area (Å²) in [6.45, 7) is -0.409. The van der Waals surface area contributed by atoms with Crippen LogP contribution in [0.15, 0.2) is 30.5 Å². The minimum Gasteiger partial charge on any atom is -0.352 e. The van der Waals surface area contributed by atoms with Gasteiger partial charge in [0, 0.05) is 30.9 Å². The van der Waals surface area contributed by atoms with Gasteiger partial charge in [-0.05, 0) is 23.6 Å². The number of nitrogens with zero attached hydrogens (tertiary/aromatic N) is 1. The topological polar surface area (TPSA) is 34.0 Å². The molecule has 0 saturated heterocycles. The third kappa shape index (κ3) is 3.27. The molecule has 0 radical (unpaired) electrons. The molecule has 0 aliphatic heterocycles. The van der Waals surface area contributed by atoms with Crippen LogP contribution in [0.2, 0.25) is 0 Å². The summed E-state index contributed by atoms with van der Waals surface area (Å²) in [6, 6.07) is 6.94. The van der Waals surface area contributed by atoms with E-state index in [1.54, 1.807) is 18.2 Å². The van der Waals surface area contributed by atoms with Crippen LogP contribution in [0.25, 0.3) is 10.9 Å². The number of carbonyl (C=O) groups excluding carboxylic acids is 1. The summed E-state index contributed by atoms with van der Waals surface area (Å²) < 4.78 is 37.8. The normalized spacial score (nSPS) is 11.8. The number of hydrogen-bond donors (Lipinski definition) is 1. The molecule has 0 unspecified atom stereocenters. The molecule has 1 N–H and O–H groups in total. The highest BCUT2D eigenvalue weighted by Crippen LogP contribution is 2.19. The molecular formula is C13H13F3N2O. The number of aryl methyl sites for hydroxylation is 1. The minimum atomic E-state index is -4.25. The van der Waals surface area contributed by atoms with Crippen molar-refractivity contribution in [3.05, 3.63) is 36.0 Å². The van der Waals surface area contributed by atoms with Crippen LogP contribution in [0.3, 0.4) is 0 Å². The molecule has 1 heterocycles. The Kier molecular flexibility index (Phi) is 3.50. The van der Waals surface area contributed by atoms with E-state index in [-0.39, 0.29) is 0 Å². The lowest BCUT2D eigenvalue weighted by molar-refractivity contribution is -0.132. The molecule has 1 amide bonds. The monoisotopic (exact) mass is 270 g/mol. The Morgan fingerprint density at radius 1 is 1.32 bits per heavy atom. The summed E-state index contributed by atoms with van der Waals surface area (Å²) in [4.78, 5) is 11.7. The van der Waals surface area contributed by atoms with Crippen LogP contribution >= 0.6 is 0 Å². The second kappa shape index (κ2) is 4.95. The first-order valence-electron chi connectivity index (χ1n) is 5.77. The number of hydrogen-bond acceptors (Lipinski definition) is 1. The Bertz CT molecular complexity index is 601. The predicted molar refractivity (Wildman–Crippen MR) is 65.9 cm³/mol. The summed E-state index contributed by atoms with van der Waals surface area (Å²) in [5.41, 5.74) is 1.22. The summed E-state index contributed by atoms with van der Waals surface area (Å²) in [7, 11) is 1.84. The maximum absolute atomic E-state index is 12.0. The van der Waals surface area contributed by atoms with Crippen molar-refractivity contribution in [2.75, 3.05) is 6.54 Å². The smallest absolute Gasteiger partial charge is 0.352 e. The molecule has 0 saturated carbocycles. The molecule has 0 aliphatic carbocycles. The molecule has 1 aromatic heterocycles. The Balaban J connectivity index is 2.07. The van der Waals surface area contributed by atoms with Crippen molar-refractivity contribution in [1.29, 1.82) is 0 Å². The second-order valence-corrected chi connectivity index (χ2v) is 4.32. The molecular weight excluding hydrogens is 257 g/mol. The molecule has 0 aliphatic rings. The molecule has 3 nitrogen and oxygen atoms in total. The van der Waals surface area contributed by atoms with E-state index in [0.717, 1.165) is 10.9 Å². The summed E-state index contributed by atoms with van der Waals surface area (Å²) in [5.74, 6) is -0.493. The van der Waals surface area contributed by atoms with Crippen LogP contribution in [0.1, 0.15) is 16.8 Å². The molecule has 6 heteroatoms. The van der Waals surface area contributed by atoms with Crippen LogP contribution < -0.4 is 5.32 Å². The third-order valence-electron chi connectivity index (χ3n) is 2.84. The Morgan fingerprint density at radius 2 is 2.05 bits per heavy atom. The van der Waals surface area contributed by atoms with Gasteiger partial charge in [0.25, 0.3) is 5.91 Å². The van der Waals surface area contributed by atoms with Gasteiger partial charge in [-0.25, -0.2) is 0 Å². The number of amides is 1. The maximum Gasteiger partial charge on any atom is 0.390 e. The number of benzene rings is 1. The van der Waals surface area contributed by atoms with Gasteiger partial charge >= 0.3 is 6.18 Å². The average Bonchev–Trinajstić information content (AvgIpc) is 2.69. The number of nitrogens with one attached hydrogen (secondary N) is 1. The van der Waals surface area contributed by atoms with Crippen LogP contribution in [-0.2, 0) is 7.05 Å². The van der Waals surface area contributed by atoms with E-state index in [0.29, 0.717) is 5.56 Å². The van der Waals surface area contributed by atoms with Gasteiger partial charge in [0.2, 0.25) is 0 Å². The number of aromatic nitrogens is 1. The van der Waals surface area contributed by atoms with Gasteiger partial charge in [-0.15, -0.1) is 0 Å². The van der Waals surface area contributed by atoms with Gasteiger partial charge in [0.1, 0.15) is 0 Å². The molecule has 2 aromatic rings. The van der Waals surface area contributed by atoms with Gasteiger partial charge in [-0.1, -0.05) is 6.07 Å². The number of alkyl halides is 3. The van der Waals surface area contributed by atoms with Crippen molar-refractivity contribution in [1.82, 2.24) is 9.88 Å². The second-order valence-electron chi connectivity index (χ2n) is 4.32. The first-order chi connectivity index (χ1) is 8.87. The molecule has 0 spiro atoms. The maximum atomic E-state index is 12.0. The van der Waals surface area contributed by atoms with Crippen molar-refractivity contribution in [3.8, 4) is 0 Å². The van der Waals surface area contributed by atoms with Gasteiger partial charge in [0.05, 0.1) is 6.42 Å². The third-order valence-corrected chi connectivity index (χ3v) is 2.84. The predicted octanol–water partition coefficient (Wildman–Crippen LogP) is 2.86. The fraction of sp³-hybridized carbons (Fsp3) is 0.308. The van der Waals surface area contributed by atoms with Gasteiger partial charge < -0.3 is 9.88 Å².